The van der Waals surface area contributed by atoms with Crippen LogP contribution in [0.15, 0.2) is 242 Å². The molecule has 310 valence electrons. The van der Waals surface area contributed by atoms with E-state index in [1.807, 2.05) is 0 Å². The van der Waals surface area contributed by atoms with E-state index in [0.717, 1.165) is 12.1 Å². The molecule has 0 amide bonds. The molecule has 0 fully saturated rings. The first-order chi connectivity index (χ1) is 31.9. The lowest BCUT2D eigenvalue weighted by atomic mass is 9.63. The van der Waals surface area contributed by atoms with Crippen LogP contribution in [0.1, 0.15) is 20.3 Å². The number of fused-ring (bicyclic) bond motifs is 6. The third-order valence-corrected chi connectivity index (χ3v) is 14.5. The van der Waals surface area contributed by atoms with Crippen LogP contribution in [0, 0.1) is 11.3 Å². The van der Waals surface area contributed by atoms with Gasteiger partial charge in [-0.3, -0.25) is 0 Å². The highest BCUT2D eigenvalue weighted by Crippen LogP contribution is 2.50. The molecule has 0 heterocycles. The minimum atomic E-state index is -0.413. The second-order valence-corrected chi connectivity index (χ2v) is 18.5. The van der Waals surface area contributed by atoms with Crippen molar-refractivity contribution in [2.24, 2.45) is 11.3 Å². The van der Waals surface area contributed by atoms with Crippen LogP contribution in [0.2, 0.25) is 0 Å². The van der Waals surface area contributed by atoms with Crippen LogP contribution in [0.5, 0.6) is 0 Å². The molecule has 0 bridgehead atoms. The largest absolute Gasteiger partial charge is 0.331 e. The Morgan fingerprint density at radius 1 is 0.492 bits per heavy atom. The van der Waals surface area contributed by atoms with E-state index in [9.17, 15) is 0 Å². The Kier molecular flexibility index (Phi) is 9.28. The summed E-state index contributed by atoms with van der Waals surface area (Å²) >= 11 is 0. The lowest BCUT2D eigenvalue weighted by molar-refractivity contribution is 0.464. The molecule has 12 rings (SSSR count). The second-order valence-electron chi connectivity index (χ2n) is 18.5. The fourth-order valence-electron chi connectivity index (χ4n) is 11.1. The summed E-state index contributed by atoms with van der Waals surface area (Å²) in [6, 6.07) is 71.7. The van der Waals surface area contributed by atoms with Crippen molar-refractivity contribution in [3.63, 3.8) is 0 Å². The summed E-state index contributed by atoms with van der Waals surface area (Å²) in [7, 11) is 0. The van der Waals surface area contributed by atoms with Crippen LogP contribution in [0.3, 0.4) is 0 Å². The van der Waals surface area contributed by atoms with Gasteiger partial charge in [0.05, 0.1) is 11.2 Å². The van der Waals surface area contributed by atoms with Crippen LogP contribution < -0.4 is 15.3 Å². The van der Waals surface area contributed by atoms with Gasteiger partial charge in [-0.2, -0.15) is 0 Å². The van der Waals surface area contributed by atoms with Gasteiger partial charge < -0.3 is 4.90 Å². The first kappa shape index (κ1) is 38.9. The van der Waals surface area contributed by atoms with Gasteiger partial charge >= 0.3 is 0 Å². The van der Waals surface area contributed by atoms with E-state index in [1.165, 1.54) is 93.0 Å². The fourth-order valence-corrected chi connectivity index (χ4v) is 11.1. The molecule has 3 aliphatic carbocycles. The summed E-state index contributed by atoms with van der Waals surface area (Å²) in [5.74, 6) is 0.251. The third kappa shape index (κ3) is 6.61. The van der Waals surface area contributed by atoms with Crippen molar-refractivity contribution in [1.82, 2.24) is 0 Å². The predicted molar refractivity (Wildman–Crippen MR) is 278 cm³/mol. The fraction of sp³-hybridized carbons (Fsp3) is 0.0938. The average molecular weight is 832 g/mol. The van der Waals surface area contributed by atoms with E-state index >= 15 is 0 Å². The zero-order valence-corrected chi connectivity index (χ0v) is 36.8. The monoisotopic (exact) mass is 831 g/mol. The van der Waals surface area contributed by atoms with E-state index in [0.29, 0.717) is 0 Å². The Balaban J connectivity index is 1.03. The summed E-state index contributed by atoms with van der Waals surface area (Å²) in [5, 5.41) is 10.2. The van der Waals surface area contributed by atoms with Gasteiger partial charge in [-0.15, -0.1) is 0 Å². The maximum atomic E-state index is 2.62. The molecular formula is C64H49N. The van der Waals surface area contributed by atoms with E-state index < -0.39 is 5.54 Å². The standard InChI is InChI=1S/C64H49N/c1-63(38-36-52(37-39-63)64(2)43-51-21-9-11-23-55(51)59-26-14-15-27-61(59)64)65(53-33-30-46(31-34-53)60-41-50-20-8-10-22-54(50)57-24-12-13-25-58(57)60)62-42-49(32-35-56(62)45-17-4-3-5-18-45)48-29-28-44-16-6-7-19-47(44)40-48/h3-38,40-43,61H,39H2,1-2H3. The highest BCUT2D eigenvalue weighted by Gasteiger charge is 2.41. The smallest absolute Gasteiger partial charge is 0.0643 e. The van der Waals surface area contributed by atoms with E-state index in [4.69, 9.17) is 0 Å². The summed E-state index contributed by atoms with van der Waals surface area (Å²) in [5.41, 5.74) is 11.7. The molecule has 3 atom stereocenters. The van der Waals surface area contributed by atoms with Crippen molar-refractivity contribution in [3.05, 3.63) is 253 Å². The third-order valence-electron chi connectivity index (χ3n) is 14.5. The summed E-state index contributed by atoms with van der Waals surface area (Å²) in [6.07, 6.45) is 20.0. The van der Waals surface area contributed by atoms with Gasteiger partial charge in [0.15, 0.2) is 0 Å². The molecule has 0 N–H and O–H groups in total. The Labute approximate surface area is 381 Å². The quantitative estimate of drug-likeness (QED) is 0.145. The van der Waals surface area contributed by atoms with Gasteiger partial charge in [0.2, 0.25) is 0 Å². The van der Waals surface area contributed by atoms with Crippen molar-refractivity contribution in [1.29, 1.82) is 0 Å². The SMILES string of the molecule is CC1(C2=CCC(C)(N(c3ccc(-c4cc5ccccc5c5ccccc45)cc3)c3cc(-c4ccc5ccccc5c4)ccc3-c3ccccc3)C=C2)C=c2ccccc2=C2C=CC=CC21. The van der Waals surface area contributed by atoms with Crippen molar-refractivity contribution in [3.8, 4) is 33.4 Å². The molecule has 0 radical (unpaired) electrons. The van der Waals surface area contributed by atoms with Gasteiger partial charge in [0.1, 0.15) is 0 Å². The van der Waals surface area contributed by atoms with Gasteiger partial charge in [-0.25, -0.2) is 0 Å². The average Bonchev–Trinajstić information content (AvgIpc) is 3.37. The first-order valence-electron chi connectivity index (χ1n) is 23.0. The Hall–Kier alpha value is -7.74. The Morgan fingerprint density at radius 2 is 1.15 bits per heavy atom. The molecule has 1 nitrogen and oxygen atoms in total. The number of hydrogen-bond donors (Lipinski definition) is 0. The van der Waals surface area contributed by atoms with Gasteiger partial charge in [0, 0.05) is 22.6 Å². The molecule has 65 heavy (non-hydrogen) atoms. The van der Waals surface area contributed by atoms with Crippen molar-refractivity contribution >= 4 is 55.3 Å². The highest BCUT2D eigenvalue weighted by molar-refractivity contribution is 6.13. The van der Waals surface area contributed by atoms with Crippen LogP contribution >= 0.6 is 0 Å². The minimum absolute atomic E-state index is 0.205. The molecule has 0 saturated carbocycles. The Morgan fingerprint density at radius 3 is 1.97 bits per heavy atom. The number of benzene rings is 9. The molecule has 0 saturated heterocycles. The van der Waals surface area contributed by atoms with Crippen LogP contribution in [-0.4, -0.2) is 5.54 Å². The second kappa shape index (κ2) is 15.5. The predicted octanol–water partition coefficient (Wildman–Crippen LogP) is 15.3. The zero-order chi connectivity index (χ0) is 43.5. The van der Waals surface area contributed by atoms with Crippen LogP contribution in [0.25, 0.3) is 77.3 Å². The van der Waals surface area contributed by atoms with Gasteiger partial charge in [-0.05, 0) is 125 Å². The molecule has 9 aromatic carbocycles. The van der Waals surface area contributed by atoms with Gasteiger partial charge in [-0.1, -0.05) is 219 Å². The van der Waals surface area contributed by atoms with Gasteiger partial charge in [0.25, 0.3) is 0 Å². The summed E-state index contributed by atoms with van der Waals surface area (Å²) in [6.45, 7) is 4.85. The zero-order valence-electron chi connectivity index (χ0n) is 36.8. The Bertz CT molecular complexity index is 3600. The number of hydrogen-bond acceptors (Lipinski definition) is 1. The van der Waals surface area contributed by atoms with Crippen molar-refractivity contribution in [2.45, 2.75) is 25.8 Å². The maximum Gasteiger partial charge on any atom is 0.0643 e. The molecule has 0 aromatic heterocycles. The van der Waals surface area contributed by atoms with E-state index in [1.54, 1.807) is 0 Å². The van der Waals surface area contributed by atoms with Crippen LogP contribution in [0.4, 0.5) is 11.4 Å². The number of anilines is 2. The molecule has 3 aliphatic rings. The minimum Gasteiger partial charge on any atom is -0.331 e. The summed E-state index contributed by atoms with van der Waals surface area (Å²) in [4.78, 5) is 2.62. The molecule has 0 spiro atoms. The molecular weight excluding hydrogens is 783 g/mol. The van der Waals surface area contributed by atoms with Crippen LogP contribution in [-0.2, 0) is 0 Å². The van der Waals surface area contributed by atoms with E-state index in [2.05, 4.69) is 261 Å². The molecule has 9 aromatic rings. The summed E-state index contributed by atoms with van der Waals surface area (Å²) < 4.78 is 0. The molecule has 1 heteroatoms. The number of nitrogens with zero attached hydrogens (tertiary/aromatic N) is 1. The lowest BCUT2D eigenvalue weighted by Crippen LogP contribution is -2.45. The molecule has 3 unspecified atom stereocenters. The number of rotatable bonds is 7. The molecule has 0 aliphatic heterocycles. The number of allylic oxidation sites excluding steroid dienone is 6. The normalized spacial score (nSPS) is 19.8. The topological polar surface area (TPSA) is 3.24 Å². The maximum absolute atomic E-state index is 2.62. The van der Waals surface area contributed by atoms with Crippen molar-refractivity contribution < 1.29 is 0 Å². The first-order valence-corrected chi connectivity index (χ1v) is 23.0. The van der Waals surface area contributed by atoms with E-state index in [-0.39, 0.29) is 11.3 Å². The highest BCUT2D eigenvalue weighted by atomic mass is 15.2. The lowest BCUT2D eigenvalue weighted by Gasteiger charge is -2.46. The van der Waals surface area contributed by atoms with Crippen molar-refractivity contribution in [2.75, 3.05) is 4.90 Å².